The molecule has 1 fully saturated rings. The molecule has 96 valence electrons. The molecular formula is C11H24N2O3. The normalized spacial score (nSPS) is 19.9. The SMILES string of the molecule is COCCOCC(O)CNN1CCCCC1. The quantitative estimate of drug-likeness (QED) is 0.577. The van der Waals surface area contributed by atoms with E-state index in [-0.39, 0.29) is 0 Å². The number of aliphatic hydroxyl groups is 1. The van der Waals surface area contributed by atoms with E-state index in [4.69, 9.17) is 9.47 Å². The van der Waals surface area contributed by atoms with Gasteiger partial charge in [0.1, 0.15) is 0 Å². The number of nitrogens with zero attached hydrogens (tertiary/aromatic N) is 1. The topological polar surface area (TPSA) is 54.0 Å². The van der Waals surface area contributed by atoms with Crippen molar-refractivity contribution in [1.29, 1.82) is 0 Å². The van der Waals surface area contributed by atoms with E-state index in [2.05, 4.69) is 10.4 Å². The van der Waals surface area contributed by atoms with Crippen molar-refractivity contribution in [1.82, 2.24) is 10.4 Å². The number of methoxy groups -OCH3 is 1. The molecule has 1 aliphatic heterocycles. The van der Waals surface area contributed by atoms with E-state index in [1.165, 1.54) is 19.3 Å². The Balaban J connectivity index is 1.94. The molecule has 1 heterocycles. The van der Waals surface area contributed by atoms with Crippen molar-refractivity contribution < 1.29 is 14.6 Å². The summed E-state index contributed by atoms with van der Waals surface area (Å²) < 4.78 is 10.1. The Bertz CT molecular complexity index is 163. The Morgan fingerprint density at radius 3 is 2.69 bits per heavy atom. The van der Waals surface area contributed by atoms with Crippen molar-refractivity contribution in [2.24, 2.45) is 0 Å². The maximum absolute atomic E-state index is 9.62. The first-order valence-electron chi connectivity index (χ1n) is 6.06. The fourth-order valence-electron chi connectivity index (χ4n) is 1.71. The van der Waals surface area contributed by atoms with Gasteiger partial charge in [-0.15, -0.1) is 0 Å². The van der Waals surface area contributed by atoms with Crippen molar-refractivity contribution in [3.05, 3.63) is 0 Å². The second kappa shape index (κ2) is 8.90. The van der Waals surface area contributed by atoms with Gasteiger partial charge in [0.25, 0.3) is 0 Å². The van der Waals surface area contributed by atoms with E-state index in [9.17, 15) is 5.11 Å². The zero-order chi connectivity index (χ0) is 11.6. The first-order chi connectivity index (χ1) is 7.83. The first-order valence-corrected chi connectivity index (χ1v) is 6.06. The lowest BCUT2D eigenvalue weighted by molar-refractivity contribution is 0.00372. The van der Waals surface area contributed by atoms with Crippen molar-refractivity contribution in [2.45, 2.75) is 25.4 Å². The van der Waals surface area contributed by atoms with Gasteiger partial charge in [0, 0.05) is 26.7 Å². The standard InChI is InChI=1S/C11H24N2O3/c1-15-7-8-16-10-11(14)9-12-13-5-3-2-4-6-13/h11-12,14H,2-10H2,1H3. The highest BCUT2D eigenvalue weighted by Gasteiger charge is 2.11. The molecule has 0 amide bonds. The molecular weight excluding hydrogens is 208 g/mol. The van der Waals surface area contributed by atoms with Gasteiger partial charge in [0.05, 0.1) is 25.9 Å². The van der Waals surface area contributed by atoms with Gasteiger partial charge in [-0.1, -0.05) is 6.42 Å². The summed E-state index contributed by atoms with van der Waals surface area (Å²) in [6.45, 7) is 4.20. The van der Waals surface area contributed by atoms with Gasteiger partial charge >= 0.3 is 0 Å². The van der Waals surface area contributed by atoms with Crippen LogP contribution in [0.25, 0.3) is 0 Å². The van der Waals surface area contributed by atoms with Crippen LogP contribution in [0.15, 0.2) is 0 Å². The van der Waals surface area contributed by atoms with Gasteiger partial charge in [0.2, 0.25) is 0 Å². The fraction of sp³-hybridized carbons (Fsp3) is 1.00. The minimum absolute atomic E-state index is 0.365. The van der Waals surface area contributed by atoms with Crippen LogP contribution in [0.5, 0.6) is 0 Å². The van der Waals surface area contributed by atoms with E-state index in [1.54, 1.807) is 7.11 Å². The second-order valence-electron chi connectivity index (χ2n) is 4.13. The lowest BCUT2D eigenvalue weighted by atomic mass is 10.2. The Morgan fingerprint density at radius 1 is 1.25 bits per heavy atom. The van der Waals surface area contributed by atoms with Crippen LogP contribution in [0.3, 0.4) is 0 Å². The Labute approximate surface area is 97.7 Å². The molecule has 1 saturated heterocycles. The number of aliphatic hydroxyl groups excluding tert-OH is 1. The zero-order valence-corrected chi connectivity index (χ0v) is 10.2. The third kappa shape index (κ3) is 6.40. The average Bonchev–Trinajstić information content (AvgIpc) is 2.33. The van der Waals surface area contributed by atoms with Crippen LogP contribution >= 0.6 is 0 Å². The number of ether oxygens (including phenoxy) is 2. The van der Waals surface area contributed by atoms with Crippen LogP contribution < -0.4 is 5.43 Å². The second-order valence-corrected chi connectivity index (χ2v) is 4.13. The summed E-state index contributed by atoms with van der Waals surface area (Å²) in [6.07, 6.45) is 3.36. The highest BCUT2D eigenvalue weighted by molar-refractivity contribution is 4.63. The van der Waals surface area contributed by atoms with Gasteiger partial charge in [-0.25, -0.2) is 5.01 Å². The summed E-state index contributed by atoms with van der Waals surface area (Å²) in [5, 5.41) is 11.8. The number of hydrogen-bond donors (Lipinski definition) is 2. The summed E-state index contributed by atoms with van der Waals surface area (Å²) in [6, 6.07) is 0. The van der Waals surface area contributed by atoms with E-state index in [0.29, 0.717) is 26.4 Å². The summed E-state index contributed by atoms with van der Waals surface area (Å²) >= 11 is 0. The molecule has 1 atom stereocenters. The molecule has 1 aliphatic rings. The first kappa shape index (κ1) is 13.9. The van der Waals surface area contributed by atoms with Gasteiger partial charge < -0.3 is 14.6 Å². The van der Waals surface area contributed by atoms with Gasteiger partial charge in [0.15, 0.2) is 0 Å². The van der Waals surface area contributed by atoms with Crippen LogP contribution in [-0.4, -0.2) is 62.8 Å². The maximum atomic E-state index is 9.62. The Kier molecular flexibility index (Phi) is 7.71. The third-order valence-electron chi connectivity index (χ3n) is 2.65. The van der Waals surface area contributed by atoms with Gasteiger partial charge in [-0.3, -0.25) is 5.43 Å². The van der Waals surface area contributed by atoms with Crippen LogP contribution in [0.2, 0.25) is 0 Å². The number of nitrogens with one attached hydrogen (secondary N) is 1. The molecule has 1 rings (SSSR count). The number of piperidine rings is 1. The molecule has 16 heavy (non-hydrogen) atoms. The van der Waals surface area contributed by atoms with E-state index in [0.717, 1.165) is 13.1 Å². The molecule has 0 bridgehead atoms. The van der Waals surface area contributed by atoms with Crippen molar-refractivity contribution in [2.75, 3.05) is 46.6 Å². The average molecular weight is 232 g/mol. The number of hydrogen-bond acceptors (Lipinski definition) is 5. The predicted molar refractivity (Wildman–Crippen MR) is 62.1 cm³/mol. The summed E-state index contributed by atoms with van der Waals surface area (Å²) in [5.74, 6) is 0. The van der Waals surface area contributed by atoms with Crippen molar-refractivity contribution >= 4 is 0 Å². The van der Waals surface area contributed by atoms with Crippen LogP contribution in [-0.2, 0) is 9.47 Å². The summed E-state index contributed by atoms with van der Waals surface area (Å²) in [4.78, 5) is 0. The highest BCUT2D eigenvalue weighted by Crippen LogP contribution is 2.05. The largest absolute Gasteiger partial charge is 0.389 e. The molecule has 0 saturated carbocycles. The van der Waals surface area contributed by atoms with E-state index < -0.39 is 6.10 Å². The summed E-state index contributed by atoms with van der Waals surface area (Å²) in [7, 11) is 1.64. The van der Waals surface area contributed by atoms with Crippen molar-refractivity contribution in [3.63, 3.8) is 0 Å². The molecule has 0 aromatic heterocycles. The maximum Gasteiger partial charge on any atom is 0.0911 e. The van der Waals surface area contributed by atoms with E-state index >= 15 is 0 Å². The Morgan fingerprint density at radius 2 is 2.00 bits per heavy atom. The highest BCUT2D eigenvalue weighted by atomic mass is 16.5. The smallest absolute Gasteiger partial charge is 0.0911 e. The molecule has 1 unspecified atom stereocenters. The predicted octanol–water partition coefficient (Wildman–Crippen LogP) is 0.000800. The molecule has 0 aromatic carbocycles. The minimum atomic E-state index is -0.446. The molecule has 5 heteroatoms. The minimum Gasteiger partial charge on any atom is -0.389 e. The summed E-state index contributed by atoms with van der Waals surface area (Å²) in [5.41, 5.74) is 3.23. The molecule has 0 aliphatic carbocycles. The van der Waals surface area contributed by atoms with Crippen LogP contribution in [0.1, 0.15) is 19.3 Å². The van der Waals surface area contributed by atoms with Gasteiger partial charge in [-0.2, -0.15) is 0 Å². The molecule has 0 spiro atoms. The number of rotatable bonds is 8. The van der Waals surface area contributed by atoms with E-state index in [1.807, 2.05) is 0 Å². The van der Waals surface area contributed by atoms with Crippen LogP contribution in [0, 0.1) is 0 Å². The zero-order valence-electron chi connectivity index (χ0n) is 10.2. The molecule has 0 radical (unpaired) electrons. The fourth-order valence-corrected chi connectivity index (χ4v) is 1.71. The lowest BCUT2D eigenvalue weighted by Crippen LogP contribution is -2.45. The monoisotopic (exact) mass is 232 g/mol. The third-order valence-corrected chi connectivity index (χ3v) is 2.65. The molecule has 0 aromatic rings. The van der Waals surface area contributed by atoms with Gasteiger partial charge in [-0.05, 0) is 12.8 Å². The van der Waals surface area contributed by atoms with Crippen LogP contribution in [0.4, 0.5) is 0 Å². The number of hydrazine groups is 1. The lowest BCUT2D eigenvalue weighted by Gasteiger charge is -2.28. The van der Waals surface area contributed by atoms with Crippen molar-refractivity contribution in [3.8, 4) is 0 Å². The Hall–Kier alpha value is -0.200. The molecule has 5 nitrogen and oxygen atoms in total. The molecule has 2 N–H and O–H groups in total.